The highest BCUT2D eigenvalue weighted by atomic mass is 32.1. The van der Waals surface area contributed by atoms with Crippen LogP contribution in [0, 0.1) is 6.92 Å². The average Bonchev–Trinajstić information content (AvgIpc) is 2.63. The molecule has 4 atom stereocenters. The van der Waals surface area contributed by atoms with E-state index in [9.17, 15) is 0 Å². The highest BCUT2D eigenvalue weighted by molar-refractivity contribution is 7.10. The molecule has 4 heteroatoms. The van der Waals surface area contributed by atoms with E-state index in [0.717, 1.165) is 13.1 Å². The lowest BCUT2D eigenvalue weighted by Crippen LogP contribution is -2.50. The van der Waals surface area contributed by atoms with Crippen LogP contribution in [0.1, 0.15) is 37.3 Å². The van der Waals surface area contributed by atoms with Crippen molar-refractivity contribution in [3.8, 4) is 0 Å². The van der Waals surface area contributed by atoms with Crippen LogP contribution >= 0.6 is 11.3 Å². The first-order chi connectivity index (χ1) is 8.49. The first-order valence-corrected chi connectivity index (χ1v) is 7.56. The number of rotatable bonds is 3. The van der Waals surface area contributed by atoms with Crippen LogP contribution in [0.5, 0.6) is 0 Å². The second-order valence-corrected chi connectivity index (χ2v) is 6.43. The van der Waals surface area contributed by atoms with Crippen LogP contribution in [-0.4, -0.2) is 36.2 Å². The molecular formula is C14H24N2OS. The third kappa shape index (κ3) is 2.94. The molecule has 18 heavy (non-hydrogen) atoms. The molecule has 2 rings (SSSR count). The van der Waals surface area contributed by atoms with Gasteiger partial charge in [-0.2, -0.15) is 0 Å². The summed E-state index contributed by atoms with van der Waals surface area (Å²) in [4.78, 5) is 3.90. The number of nitrogens with zero attached hydrogens (tertiary/aromatic N) is 1. The molecule has 0 spiro atoms. The van der Waals surface area contributed by atoms with E-state index < -0.39 is 0 Å². The van der Waals surface area contributed by atoms with Crippen LogP contribution in [0.15, 0.2) is 11.4 Å². The molecule has 3 nitrogen and oxygen atoms in total. The lowest BCUT2D eigenvalue weighted by Gasteiger charge is -2.41. The predicted molar refractivity (Wildman–Crippen MR) is 77.0 cm³/mol. The van der Waals surface area contributed by atoms with Crippen molar-refractivity contribution in [2.45, 2.75) is 52.0 Å². The summed E-state index contributed by atoms with van der Waals surface area (Å²) in [6, 6.07) is 2.64. The van der Waals surface area contributed by atoms with Crippen molar-refractivity contribution in [3.05, 3.63) is 21.9 Å². The van der Waals surface area contributed by atoms with Gasteiger partial charge in [0.2, 0.25) is 0 Å². The molecule has 0 saturated carbocycles. The standard InChI is InChI=1S/C14H24N2OS/c1-9-5-6-18-14(9)13(12(4)15)16-7-10(2)17-11(3)8-16/h5-6,10-13H,7-8,15H2,1-4H3. The maximum atomic E-state index is 6.24. The Morgan fingerprint density at radius 1 is 1.39 bits per heavy atom. The Labute approximate surface area is 114 Å². The van der Waals surface area contributed by atoms with Crippen molar-refractivity contribution in [2.75, 3.05) is 13.1 Å². The number of morpholine rings is 1. The zero-order valence-corrected chi connectivity index (χ0v) is 12.5. The largest absolute Gasteiger partial charge is 0.373 e. The Morgan fingerprint density at radius 2 is 2.00 bits per heavy atom. The number of nitrogens with two attached hydrogens (primary N) is 1. The summed E-state index contributed by atoms with van der Waals surface area (Å²) in [6.07, 6.45) is 0.575. The number of aryl methyl sites for hydroxylation is 1. The Hall–Kier alpha value is -0.420. The lowest BCUT2D eigenvalue weighted by atomic mass is 10.0. The molecule has 0 aliphatic carbocycles. The van der Waals surface area contributed by atoms with E-state index >= 15 is 0 Å². The summed E-state index contributed by atoms with van der Waals surface area (Å²) in [7, 11) is 0. The Morgan fingerprint density at radius 3 is 2.44 bits per heavy atom. The molecule has 0 aromatic carbocycles. The summed E-state index contributed by atoms with van der Waals surface area (Å²) in [5, 5.41) is 2.16. The van der Waals surface area contributed by atoms with E-state index in [-0.39, 0.29) is 18.2 Å². The highest BCUT2D eigenvalue weighted by Gasteiger charge is 2.32. The van der Waals surface area contributed by atoms with E-state index in [1.807, 2.05) is 11.3 Å². The number of hydrogen-bond acceptors (Lipinski definition) is 4. The fourth-order valence-electron chi connectivity index (χ4n) is 2.87. The molecule has 1 fully saturated rings. The molecule has 1 aromatic rings. The summed E-state index contributed by atoms with van der Waals surface area (Å²) < 4.78 is 5.81. The van der Waals surface area contributed by atoms with E-state index in [2.05, 4.69) is 44.0 Å². The first kappa shape index (κ1) is 14.0. The number of thiophene rings is 1. The van der Waals surface area contributed by atoms with E-state index in [4.69, 9.17) is 10.5 Å². The summed E-state index contributed by atoms with van der Waals surface area (Å²) in [5.41, 5.74) is 7.60. The summed E-state index contributed by atoms with van der Waals surface area (Å²) in [5.74, 6) is 0. The average molecular weight is 268 g/mol. The molecular weight excluding hydrogens is 244 g/mol. The van der Waals surface area contributed by atoms with Gasteiger partial charge >= 0.3 is 0 Å². The van der Waals surface area contributed by atoms with Crippen LogP contribution in [0.2, 0.25) is 0 Å². The van der Waals surface area contributed by atoms with Gasteiger partial charge in [0.15, 0.2) is 0 Å². The van der Waals surface area contributed by atoms with Crippen molar-refractivity contribution in [2.24, 2.45) is 5.73 Å². The Bertz CT molecular complexity index is 381. The van der Waals surface area contributed by atoms with Crippen LogP contribution in [0.3, 0.4) is 0 Å². The number of hydrogen-bond donors (Lipinski definition) is 1. The minimum atomic E-state index is 0.139. The molecule has 102 valence electrons. The molecule has 1 saturated heterocycles. The molecule has 0 amide bonds. The van der Waals surface area contributed by atoms with E-state index in [1.54, 1.807) is 0 Å². The molecule has 4 unspecified atom stereocenters. The molecule has 0 bridgehead atoms. The van der Waals surface area contributed by atoms with Crippen LogP contribution in [0.25, 0.3) is 0 Å². The van der Waals surface area contributed by atoms with Gasteiger partial charge < -0.3 is 10.5 Å². The fourth-order valence-corrected chi connectivity index (χ4v) is 4.05. The van der Waals surface area contributed by atoms with Gasteiger partial charge in [-0.15, -0.1) is 11.3 Å². The van der Waals surface area contributed by atoms with Gasteiger partial charge in [-0.1, -0.05) is 0 Å². The predicted octanol–water partition coefficient (Wildman–Crippen LogP) is 2.55. The van der Waals surface area contributed by atoms with Gasteiger partial charge in [0.1, 0.15) is 0 Å². The molecule has 2 heterocycles. The van der Waals surface area contributed by atoms with Crippen LogP contribution in [0.4, 0.5) is 0 Å². The van der Waals surface area contributed by atoms with Gasteiger partial charge in [-0.05, 0) is 44.7 Å². The normalized spacial score (nSPS) is 29.2. The highest BCUT2D eigenvalue weighted by Crippen LogP contribution is 2.32. The topological polar surface area (TPSA) is 38.5 Å². The minimum absolute atomic E-state index is 0.139. The smallest absolute Gasteiger partial charge is 0.0678 e. The van der Waals surface area contributed by atoms with Crippen molar-refractivity contribution >= 4 is 11.3 Å². The van der Waals surface area contributed by atoms with Gasteiger partial charge in [0.25, 0.3) is 0 Å². The molecule has 1 aliphatic rings. The van der Waals surface area contributed by atoms with Gasteiger partial charge in [0.05, 0.1) is 18.2 Å². The third-order valence-electron chi connectivity index (χ3n) is 3.51. The number of ether oxygens (including phenoxy) is 1. The second-order valence-electron chi connectivity index (χ2n) is 5.48. The third-order valence-corrected chi connectivity index (χ3v) is 4.60. The Balaban J connectivity index is 2.23. The zero-order valence-electron chi connectivity index (χ0n) is 11.7. The zero-order chi connectivity index (χ0) is 13.3. The molecule has 1 aliphatic heterocycles. The van der Waals surface area contributed by atoms with Crippen molar-refractivity contribution in [1.29, 1.82) is 0 Å². The van der Waals surface area contributed by atoms with Crippen molar-refractivity contribution < 1.29 is 4.74 Å². The van der Waals surface area contributed by atoms with Gasteiger partial charge in [-0.25, -0.2) is 0 Å². The Kier molecular flexibility index (Phi) is 4.43. The van der Waals surface area contributed by atoms with Crippen molar-refractivity contribution in [3.63, 3.8) is 0 Å². The van der Waals surface area contributed by atoms with Crippen LogP contribution in [-0.2, 0) is 4.74 Å². The second kappa shape index (κ2) is 5.70. The van der Waals surface area contributed by atoms with Crippen LogP contribution < -0.4 is 5.73 Å². The summed E-state index contributed by atoms with van der Waals surface area (Å²) in [6.45, 7) is 10.5. The minimum Gasteiger partial charge on any atom is -0.373 e. The fraction of sp³-hybridized carbons (Fsp3) is 0.714. The monoisotopic (exact) mass is 268 g/mol. The van der Waals surface area contributed by atoms with E-state index in [0.29, 0.717) is 6.04 Å². The summed E-state index contributed by atoms with van der Waals surface area (Å²) >= 11 is 1.82. The maximum Gasteiger partial charge on any atom is 0.0678 e. The van der Waals surface area contributed by atoms with Gasteiger partial charge in [-0.3, -0.25) is 4.90 Å². The molecule has 2 N–H and O–H groups in total. The molecule has 0 radical (unpaired) electrons. The molecule has 1 aromatic heterocycles. The first-order valence-electron chi connectivity index (χ1n) is 6.68. The maximum absolute atomic E-state index is 6.24. The van der Waals surface area contributed by atoms with Gasteiger partial charge in [0, 0.05) is 24.0 Å². The lowest BCUT2D eigenvalue weighted by molar-refractivity contribution is -0.0827. The van der Waals surface area contributed by atoms with Crippen molar-refractivity contribution in [1.82, 2.24) is 4.90 Å². The SMILES string of the molecule is Cc1ccsc1C(C(C)N)N1CC(C)OC(C)C1. The quantitative estimate of drug-likeness (QED) is 0.915. The van der Waals surface area contributed by atoms with E-state index in [1.165, 1.54) is 10.4 Å².